The number of rotatable bonds is 3. The third kappa shape index (κ3) is 2.74. The third-order valence-electron chi connectivity index (χ3n) is 3.39. The summed E-state index contributed by atoms with van der Waals surface area (Å²) in [6.45, 7) is 1.68. The highest BCUT2D eigenvalue weighted by Gasteiger charge is 2.27. The van der Waals surface area contributed by atoms with Crippen LogP contribution in [0.5, 0.6) is 0 Å². The van der Waals surface area contributed by atoms with Crippen LogP contribution in [0.2, 0.25) is 0 Å². The summed E-state index contributed by atoms with van der Waals surface area (Å²) in [7, 11) is 0. The minimum Gasteiger partial charge on any atom is -0.317 e. The molecule has 1 amide bonds. The van der Waals surface area contributed by atoms with Crippen LogP contribution in [0.15, 0.2) is 24.4 Å². The number of amides is 1. The van der Waals surface area contributed by atoms with Crippen molar-refractivity contribution in [3.63, 3.8) is 0 Å². The van der Waals surface area contributed by atoms with Crippen LogP contribution in [0.4, 0.5) is 14.5 Å². The van der Waals surface area contributed by atoms with Gasteiger partial charge in [0.25, 0.3) is 5.91 Å². The van der Waals surface area contributed by atoms with Crippen LogP contribution in [-0.2, 0) is 0 Å². The Morgan fingerprint density at radius 1 is 1.29 bits per heavy atom. The molecule has 2 aromatic rings. The highest BCUT2D eigenvalue weighted by molar-refractivity contribution is 6.04. The Kier molecular flexibility index (Phi) is 3.37. The molecule has 0 aliphatic heterocycles. The molecular formula is C15H13F2N3O. The smallest absolute Gasteiger partial charge is 0.259 e. The first-order valence-corrected chi connectivity index (χ1v) is 6.65. The maximum absolute atomic E-state index is 13.5. The number of carbonyl (C=O) groups excluding carboxylic acids is 1. The third-order valence-corrected chi connectivity index (χ3v) is 3.39. The lowest BCUT2D eigenvalue weighted by Gasteiger charge is -2.09. The molecule has 3 rings (SSSR count). The second-order valence-electron chi connectivity index (χ2n) is 5.05. The molecule has 0 atom stereocenters. The molecule has 1 N–H and O–H groups in total. The van der Waals surface area contributed by atoms with Crippen molar-refractivity contribution in [1.82, 2.24) is 9.97 Å². The van der Waals surface area contributed by atoms with Crippen LogP contribution in [0.1, 0.15) is 40.6 Å². The summed E-state index contributed by atoms with van der Waals surface area (Å²) in [4.78, 5) is 20.5. The normalized spacial score (nSPS) is 14.0. The zero-order chi connectivity index (χ0) is 15.0. The lowest BCUT2D eigenvalue weighted by Crippen LogP contribution is -2.17. The van der Waals surface area contributed by atoms with Crippen molar-refractivity contribution in [1.29, 1.82) is 0 Å². The number of hydrogen-bond acceptors (Lipinski definition) is 3. The van der Waals surface area contributed by atoms with Gasteiger partial charge in [-0.1, -0.05) is 6.07 Å². The van der Waals surface area contributed by atoms with E-state index in [2.05, 4.69) is 15.3 Å². The molecule has 4 nitrogen and oxygen atoms in total. The zero-order valence-electron chi connectivity index (χ0n) is 11.4. The molecule has 1 aliphatic carbocycles. The number of para-hydroxylation sites is 1. The van der Waals surface area contributed by atoms with E-state index in [1.54, 1.807) is 6.92 Å². The molecule has 1 heterocycles. The summed E-state index contributed by atoms with van der Waals surface area (Å²) < 4.78 is 27.0. The number of benzene rings is 1. The van der Waals surface area contributed by atoms with E-state index in [0.717, 1.165) is 30.8 Å². The minimum absolute atomic E-state index is 0.210. The number of nitrogens with one attached hydrogen (secondary N) is 1. The summed E-state index contributed by atoms with van der Waals surface area (Å²) >= 11 is 0. The van der Waals surface area contributed by atoms with E-state index in [-0.39, 0.29) is 5.56 Å². The molecule has 6 heteroatoms. The van der Waals surface area contributed by atoms with Crippen molar-refractivity contribution < 1.29 is 13.6 Å². The largest absolute Gasteiger partial charge is 0.317 e. The van der Waals surface area contributed by atoms with Gasteiger partial charge in [-0.05, 0) is 31.9 Å². The summed E-state index contributed by atoms with van der Waals surface area (Å²) in [5.41, 5.74) is 0.247. The Morgan fingerprint density at radius 2 is 1.95 bits per heavy atom. The van der Waals surface area contributed by atoms with Gasteiger partial charge in [0.2, 0.25) is 0 Å². The minimum atomic E-state index is -0.823. The van der Waals surface area contributed by atoms with Crippen molar-refractivity contribution in [3.8, 4) is 0 Å². The van der Waals surface area contributed by atoms with Crippen molar-refractivity contribution in [3.05, 3.63) is 53.1 Å². The summed E-state index contributed by atoms with van der Waals surface area (Å²) in [6.07, 6.45) is 3.53. The fraction of sp³-hybridized carbons (Fsp3) is 0.267. The van der Waals surface area contributed by atoms with E-state index in [1.165, 1.54) is 12.3 Å². The fourth-order valence-electron chi connectivity index (χ4n) is 2.04. The van der Waals surface area contributed by atoms with Gasteiger partial charge in [0.15, 0.2) is 0 Å². The number of carbonyl (C=O) groups is 1. The van der Waals surface area contributed by atoms with Crippen molar-refractivity contribution in [2.24, 2.45) is 0 Å². The van der Waals surface area contributed by atoms with E-state index in [4.69, 9.17) is 0 Å². The Bertz CT molecular complexity index is 694. The molecule has 0 bridgehead atoms. The number of nitrogens with zero attached hydrogens (tertiary/aromatic N) is 2. The molecule has 1 aliphatic rings. The summed E-state index contributed by atoms with van der Waals surface area (Å²) in [5.74, 6) is -1.17. The molecule has 1 aromatic carbocycles. The van der Waals surface area contributed by atoms with Gasteiger partial charge in [0.1, 0.15) is 23.1 Å². The van der Waals surface area contributed by atoms with E-state index in [9.17, 15) is 13.6 Å². The van der Waals surface area contributed by atoms with Gasteiger partial charge in [-0.3, -0.25) is 4.79 Å². The number of hydrogen-bond donors (Lipinski definition) is 1. The van der Waals surface area contributed by atoms with Gasteiger partial charge in [0.05, 0.1) is 11.3 Å². The SMILES string of the molecule is Cc1nc(C2CC2)ncc1C(=O)Nc1c(F)cccc1F. The molecule has 0 unspecified atom stereocenters. The maximum Gasteiger partial charge on any atom is 0.259 e. The number of halogens is 2. The highest BCUT2D eigenvalue weighted by Crippen LogP contribution is 2.37. The highest BCUT2D eigenvalue weighted by atomic mass is 19.1. The molecular weight excluding hydrogens is 276 g/mol. The van der Waals surface area contributed by atoms with Gasteiger partial charge in [-0.25, -0.2) is 18.7 Å². The maximum atomic E-state index is 13.5. The van der Waals surface area contributed by atoms with Crippen molar-refractivity contribution in [2.75, 3.05) is 5.32 Å². The van der Waals surface area contributed by atoms with E-state index >= 15 is 0 Å². The molecule has 1 fully saturated rings. The van der Waals surface area contributed by atoms with Crippen LogP contribution in [0.3, 0.4) is 0 Å². The van der Waals surface area contributed by atoms with Gasteiger partial charge in [0, 0.05) is 12.1 Å². The van der Waals surface area contributed by atoms with Crippen molar-refractivity contribution >= 4 is 11.6 Å². The Labute approximate surface area is 120 Å². The average Bonchev–Trinajstić information content (AvgIpc) is 3.27. The molecule has 0 radical (unpaired) electrons. The second kappa shape index (κ2) is 5.20. The lowest BCUT2D eigenvalue weighted by molar-refractivity contribution is 0.102. The van der Waals surface area contributed by atoms with E-state index < -0.39 is 23.2 Å². The Balaban J connectivity index is 1.85. The van der Waals surface area contributed by atoms with Gasteiger partial charge < -0.3 is 5.32 Å². The van der Waals surface area contributed by atoms with Crippen LogP contribution in [0, 0.1) is 18.6 Å². The van der Waals surface area contributed by atoms with Crippen LogP contribution >= 0.6 is 0 Å². The van der Waals surface area contributed by atoms with Crippen molar-refractivity contribution in [2.45, 2.75) is 25.7 Å². The van der Waals surface area contributed by atoms with Gasteiger partial charge in [-0.2, -0.15) is 0 Å². The second-order valence-corrected chi connectivity index (χ2v) is 5.05. The summed E-state index contributed by atoms with van der Waals surface area (Å²) in [5, 5.41) is 2.23. The molecule has 1 aromatic heterocycles. The molecule has 0 spiro atoms. The predicted molar refractivity (Wildman–Crippen MR) is 73.1 cm³/mol. The number of aryl methyl sites for hydroxylation is 1. The number of aromatic nitrogens is 2. The van der Waals surface area contributed by atoms with Gasteiger partial charge >= 0.3 is 0 Å². The molecule has 0 saturated heterocycles. The Morgan fingerprint density at radius 3 is 2.52 bits per heavy atom. The first-order chi connectivity index (χ1) is 10.1. The average molecular weight is 289 g/mol. The standard InChI is InChI=1S/C15H13F2N3O/c1-8-10(7-18-14(19-8)9-5-6-9)15(21)20-13-11(16)3-2-4-12(13)17/h2-4,7,9H,5-6H2,1H3,(H,20,21). The van der Waals surface area contributed by atoms with Crippen LogP contribution in [0.25, 0.3) is 0 Å². The van der Waals surface area contributed by atoms with Crippen LogP contribution < -0.4 is 5.32 Å². The predicted octanol–water partition coefficient (Wildman–Crippen LogP) is 3.19. The molecule has 108 valence electrons. The monoisotopic (exact) mass is 289 g/mol. The lowest BCUT2D eigenvalue weighted by atomic mass is 10.2. The van der Waals surface area contributed by atoms with Gasteiger partial charge in [-0.15, -0.1) is 0 Å². The topological polar surface area (TPSA) is 54.9 Å². The molecule has 21 heavy (non-hydrogen) atoms. The zero-order valence-corrected chi connectivity index (χ0v) is 11.4. The van der Waals surface area contributed by atoms with Crippen LogP contribution in [-0.4, -0.2) is 15.9 Å². The van der Waals surface area contributed by atoms with E-state index in [0.29, 0.717) is 11.6 Å². The summed E-state index contributed by atoms with van der Waals surface area (Å²) in [6, 6.07) is 3.40. The van der Waals surface area contributed by atoms with E-state index in [1.807, 2.05) is 0 Å². The number of anilines is 1. The first-order valence-electron chi connectivity index (χ1n) is 6.65. The Hall–Kier alpha value is -2.37. The quantitative estimate of drug-likeness (QED) is 0.944. The molecule has 1 saturated carbocycles. The fourth-order valence-corrected chi connectivity index (χ4v) is 2.04. The first kappa shape index (κ1) is 13.6.